The van der Waals surface area contributed by atoms with Crippen LogP contribution in [0.5, 0.6) is 5.75 Å². The van der Waals surface area contributed by atoms with Crippen LogP contribution in [-0.2, 0) is 6.42 Å². The zero-order valence-electron chi connectivity index (χ0n) is 10.0. The number of benzene rings is 1. The van der Waals surface area contributed by atoms with Crippen LogP contribution >= 0.6 is 0 Å². The number of phenolic OH excluding ortho intramolecular Hbond substituents is 1. The minimum absolute atomic E-state index is 0.276. The maximum atomic E-state index is 9.43. The SMILES string of the molecule is Cc1ccnc2nc(Cc3cccc(O)c3)[nH]c12. The van der Waals surface area contributed by atoms with Crippen LogP contribution < -0.4 is 0 Å². The second kappa shape index (κ2) is 4.14. The van der Waals surface area contributed by atoms with Gasteiger partial charge in [0.1, 0.15) is 11.6 Å². The van der Waals surface area contributed by atoms with Crippen LogP contribution in [0.2, 0.25) is 0 Å². The predicted molar refractivity (Wildman–Crippen MR) is 69.5 cm³/mol. The van der Waals surface area contributed by atoms with Crippen molar-refractivity contribution < 1.29 is 5.11 Å². The van der Waals surface area contributed by atoms with E-state index in [9.17, 15) is 5.11 Å². The van der Waals surface area contributed by atoms with Gasteiger partial charge in [-0.25, -0.2) is 9.97 Å². The number of aromatic amines is 1. The van der Waals surface area contributed by atoms with Crippen LogP contribution in [0, 0.1) is 6.92 Å². The third-order valence-electron chi connectivity index (χ3n) is 2.93. The molecule has 90 valence electrons. The number of aromatic nitrogens is 3. The second-order valence-corrected chi connectivity index (χ2v) is 4.36. The molecule has 0 radical (unpaired) electrons. The third kappa shape index (κ3) is 1.93. The summed E-state index contributed by atoms with van der Waals surface area (Å²) >= 11 is 0. The Balaban J connectivity index is 1.98. The van der Waals surface area contributed by atoms with Gasteiger partial charge in [0.15, 0.2) is 5.65 Å². The molecule has 18 heavy (non-hydrogen) atoms. The molecular formula is C14H13N3O. The smallest absolute Gasteiger partial charge is 0.177 e. The Morgan fingerprint density at radius 3 is 2.94 bits per heavy atom. The Hall–Kier alpha value is -2.36. The van der Waals surface area contributed by atoms with Crippen molar-refractivity contribution in [1.29, 1.82) is 0 Å². The molecule has 2 heterocycles. The molecule has 0 saturated heterocycles. The summed E-state index contributed by atoms with van der Waals surface area (Å²) in [4.78, 5) is 12.0. The van der Waals surface area contributed by atoms with Crippen molar-refractivity contribution in [3.63, 3.8) is 0 Å². The molecule has 2 N–H and O–H groups in total. The van der Waals surface area contributed by atoms with Crippen LogP contribution in [-0.4, -0.2) is 20.1 Å². The fraction of sp³-hybridized carbons (Fsp3) is 0.143. The van der Waals surface area contributed by atoms with Crippen molar-refractivity contribution >= 4 is 11.2 Å². The Morgan fingerprint density at radius 1 is 1.28 bits per heavy atom. The first kappa shape index (κ1) is 10.8. The molecule has 0 atom stereocenters. The summed E-state index contributed by atoms with van der Waals surface area (Å²) in [5.41, 5.74) is 3.87. The number of H-pyrrole nitrogens is 1. The van der Waals surface area contributed by atoms with Gasteiger partial charge in [0.2, 0.25) is 0 Å². The largest absolute Gasteiger partial charge is 0.508 e. The number of rotatable bonds is 2. The minimum Gasteiger partial charge on any atom is -0.508 e. The molecule has 0 fully saturated rings. The van der Waals surface area contributed by atoms with Crippen molar-refractivity contribution in [3.8, 4) is 5.75 Å². The summed E-state index contributed by atoms with van der Waals surface area (Å²) in [5, 5.41) is 9.43. The van der Waals surface area contributed by atoms with Crippen molar-refractivity contribution in [3.05, 3.63) is 53.5 Å². The molecule has 0 unspecified atom stereocenters. The molecule has 4 nitrogen and oxygen atoms in total. The lowest BCUT2D eigenvalue weighted by Crippen LogP contribution is -1.90. The van der Waals surface area contributed by atoms with E-state index in [0.29, 0.717) is 6.42 Å². The van der Waals surface area contributed by atoms with E-state index >= 15 is 0 Å². The minimum atomic E-state index is 0.276. The van der Waals surface area contributed by atoms with E-state index in [4.69, 9.17) is 0 Å². The summed E-state index contributed by atoms with van der Waals surface area (Å²) in [6.45, 7) is 2.03. The van der Waals surface area contributed by atoms with Gasteiger partial charge in [-0.1, -0.05) is 12.1 Å². The van der Waals surface area contributed by atoms with E-state index < -0.39 is 0 Å². The average Bonchev–Trinajstić information content (AvgIpc) is 2.73. The lowest BCUT2D eigenvalue weighted by Gasteiger charge is -1.98. The molecule has 0 saturated carbocycles. The first-order chi connectivity index (χ1) is 8.72. The van der Waals surface area contributed by atoms with Gasteiger partial charge in [-0.2, -0.15) is 0 Å². The van der Waals surface area contributed by atoms with Gasteiger partial charge in [-0.15, -0.1) is 0 Å². The van der Waals surface area contributed by atoms with Crippen molar-refractivity contribution in [2.45, 2.75) is 13.3 Å². The Kier molecular flexibility index (Phi) is 2.48. The zero-order chi connectivity index (χ0) is 12.5. The van der Waals surface area contributed by atoms with Crippen LogP contribution in [0.1, 0.15) is 17.0 Å². The summed E-state index contributed by atoms with van der Waals surface area (Å²) < 4.78 is 0. The number of aryl methyl sites for hydroxylation is 1. The summed E-state index contributed by atoms with van der Waals surface area (Å²) in [6, 6.07) is 9.16. The molecule has 2 aromatic heterocycles. The molecule has 0 aliphatic rings. The Morgan fingerprint density at radius 2 is 2.17 bits per heavy atom. The van der Waals surface area contributed by atoms with Crippen LogP contribution in [0.15, 0.2) is 36.5 Å². The highest BCUT2D eigenvalue weighted by Crippen LogP contribution is 2.17. The number of fused-ring (bicyclic) bond motifs is 1. The maximum absolute atomic E-state index is 9.43. The Labute approximate surface area is 104 Å². The summed E-state index contributed by atoms with van der Waals surface area (Å²) in [5.74, 6) is 1.13. The lowest BCUT2D eigenvalue weighted by atomic mass is 10.1. The van der Waals surface area contributed by atoms with Crippen molar-refractivity contribution in [2.75, 3.05) is 0 Å². The van der Waals surface area contributed by atoms with Gasteiger partial charge >= 0.3 is 0 Å². The fourth-order valence-corrected chi connectivity index (χ4v) is 2.03. The van der Waals surface area contributed by atoms with E-state index in [1.54, 1.807) is 18.3 Å². The van der Waals surface area contributed by atoms with Crippen molar-refractivity contribution in [1.82, 2.24) is 15.0 Å². The topological polar surface area (TPSA) is 61.8 Å². The molecule has 0 amide bonds. The quantitative estimate of drug-likeness (QED) is 0.722. The van der Waals surface area contributed by atoms with E-state index in [2.05, 4.69) is 15.0 Å². The number of nitrogens with zero attached hydrogens (tertiary/aromatic N) is 2. The van der Waals surface area contributed by atoms with Crippen LogP contribution in [0.3, 0.4) is 0 Å². The molecule has 3 aromatic rings. The number of hydrogen-bond donors (Lipinski definition) is 2. The molecular weight excluding hydrogens is 226 g/mol. The normalized spacial score (nSPS) is 10.9. The number of imidazole rings is 1. The number of aromatic hydroxyl groups is 1. The van der Waals surface area contributed by atoms with E-state index in [1.807, 2.05) is 25.1 Å². The number of pyridine rings is 1. The third-order valence-corrected chi connectivity index (χ3v) is 2.93. The standard InChI is InChI=1S/C14H13N3O/c1-9-5-6-15-14-13(9)16-12(17-14)8-10-3-2-4-11(18)7-10/h2-7,18H,8H2,1H3,(H,15,16,17). The van der Waals surface area contributed by atoms with Gasteiger partial charge in [-0.3, -0.25) is 0 Å². The molecule has 0 spiro atoms. The van der Waals surface area contributed by atoms with Gasteiger partial charge < -0.3 is 10.1 Å². The van der Waals surface area contributed by atoms with E-state index in [1.165, 1.54) is 0 Å². The van der Waals surface area contributed by atoms with E-state index in [0.717, 1.165) is 28.1 Å². The maximum Gasteiger partial charge on any atom is 0.177 e. The van der Waals surface area contributed by atoms with Gasteiger partial charge in [0, 0.05) is 12.6 Å². The van der Waals surface area contributed by atoms with Crippen LogP contribution in [0.25, 0.3) is 11.2 Å². The monoisotopic (exact) mass is 239 g/mol. The summed E-state index contributed by atoms with van der Waals surface area (Å²) in [6.07, 6.45) is 2.42. The summed E-state index contributed by atoms with van der Waals surface area (Å²) in [7, 11) is 0. The molecule has 0 bridgehead atoms. The molecule has 0 aliphatic heterocycles. The van der Waals surface area contributed by atoms with Crippen molar-refractivity contribution in [2.24, 2.45) is 0 Å². The molecule has 1 aromatic carbocycles. The number of hydrogen-bond acceptors (Lipinski definition) is 3. The average molecular weight is 239 g/mol. The first-order valence-electron chi connectivity index (χ1n) is 5.80. The van der Waals surface area contributed by atoms with Gasteiger partial charge in [0.25, 0.3) is 0 Å². The second-order valence-electron chi connectivity index (χ2n) is 4.36. The lowest BCUT2D eigenvalue weighted by molar-refractivity contribution is 0.474. The fourth-order valence-electron chi connectivity index (χ4n) is 2.03. The number of nitrogens with one attached hydrogen (secondary N) is 1. The predicted octanol–water partition coefficient (Wildman–Crippen LogP) is 2.56. The first-order valence-corrected chi connectivity index (χ1v) is 5.80. The molecule has 4 heteroatoms. The Bertz CT molecular complexity index is 703. The van der Waals surface area contributed by atoms with Crippen LogP contribution in [0.4, 0.5) is 0 Å². The van der Waals surface area contributed by atoms with Gasteiger partial charge in [-0.05, 0) is 36.2 Å². The molecule has 3 rings (SSSR count). The zero-order valence-corrected chi connectivity index (χ0v) is 10.0. The highest BCUT2D eigenvalue weighted by Gasteiger charge is 2.06. The molecule has 0 aliphatic carbocycles. The highest BCUT2D eigenvalue weighted by atomic mass is 16.3. The highest BCUT2D eigenvalue weighted by molar-refractivity contribution is 5.74. The van der Waals surface area contributed by atoms with E-state index in [-0.39, 0.29) is 5.75 Å². The van der Waals surface area contributed by atoms with Gasteiger partial charge in [0.05, 0.1) is 5.52 Å². The number of phenols is 1.